The second-order valence-corrected chi connectivity index (χ2v) is 5.59. The Labute approximate surface area is 120 Å². The average Bonchev–Trinajstić information content (AvgIpc) is 3.00. The number of morpholine rings is 1. The van der Waals surface area contributed by atoms with Crippen molar-refractivity contribution in [3.8, 4) is 0 Å². The SMILES string of the molecule is NCC(c1ccccn1)N1CCC(N2CCOCC2)C1. The quantitative estimate of drug-likeness (QED) is 0.867. The normalized spacial score (nSPS) is 26.8. The topological polar surface area (TPSA) is 54.6 Å². The van der Waals surface area contributed by atoms with Crippen molar-refractivity contribution in [3.05, 3.63) is 30.1 Å². The summed E-state index contributed by atoms with van der Waals surface area (Å²) in [6, 6.07) is 6.98. The maximum absolute atomic E-state index is 5.99. The van der Waals surface area contributed by atoms with Crippen molar-refractivity contribution in [2.45, 2.75) is 18.5 Å². The van der Waals surface area contributed by atoms with Gasteiger partial charge in [0.1, 0.15) is 0 Å². The molecule has 5 nitrogen and oxygen atoms in total. The lowest BCUT2D eigenvalue weighted by molar-refractivity contribution is 0.0176. The summed E-state index contributed by atoms with van der Waals surface area (Å²) in [7, 11) is 0. The Hall–Kier alpha value is -1.01. The molecule has 0 spiro atoms. The predicted molar refractivity (Wildman–Crippen MR) is 78.4 cm³/mol. The van der Waals surface area contributed by atoms with Gasteiger partial charge in [-0.1, -0.05) is 6.07 Å². The van der Waals surface area contributed by atoms with E-state index in [0.29, 0.717) is 12.6 Å². The highest BCUT2D eigenvalue weighted by Crippen LogP contribution is 2.25. The zero-order valence-corrected chi connectivity index (χ0v) is 11.9. The Morgan fingerprint density at radius 2 is 2.15 bits per heavy atom. The van der Waals surface area contributed by atoms with Crippen molar-refractivity contribution in [3.63, 3.8) is 0 Å². The van der Waals surface area contributed by atoms with Crippen LogP contribution in [0.15, 0.2) is 24.4 Å². The minimum Gasteiger partial charge on any atom is -0.379 e. The Morgan fingerprint density at radius 3 is 2.85 bits per heavy atom. The van der Waals surface area contributed by atoms with Gasteiger partial charge in [0.15, 0.2) is 0 Å². The Bertz CT molecular complexity index is 408. The lowest BCUT2D eigenvalue weighted by Crippen LogP contribution is -2.45. The Balaban J connectivity index is 1.63. The van der Waals surface area contributed by atoms with E-state index in [4.69, 9.17) is 10.5 Å². The van der Waals surface area contributed by atoms with Crippen LogP contribution < -0.4 is 5.73 Å². The number of likely N-dealkylation sites (tertiary alicyclic amines) is 1. The van der Waals surface area contributed by atoms with Gasteiger partial charge >= 0.3 is 0 Å². The van der Waals surface area contributed by atoms with Crippen LogP contribution in [0.3, 0.4) is 0 Å². The fourth-order valence-electron chi connectivity index (χ4n) is 3.32. The lowest BCUT2D eigenvalue weighted by atomic mass is 10.1. The first-order valence-corrected chi connectivity index (χ1v) is 7.55. The highest BCUT2D eigenvalue weighted by Gasteiger charge is 2.32. The summed E-state index contributed by atoms with van der Waals surface area (Å²) in [5.41, 5.74) is 7.09. The molecule has 3 heterocycles. The van der Waals surface area contributed by atoms with E-state index in [2.05, 4.69) is 20.9 Å². The van der Waals surface area contributed by atoms with Gasteiger partial charge in [-0.15, -0.1) is 0 Å². The number of aromatic nitrogens is 1. The monoisotopic (exact) mass is 276 g/mol. The molecule has 0 aromatic carbocycles. The van der Waals surface area contributed by atoms with Crippen LogP contribution in [0.5, 0.6) is 0 Å². The Morgan fingerprint density at radius 1 is 1.30 bits per heavy atom. The molecular weight excluding hydrogens is 252 g/mol. The third-order valence-corrected chi connectivity index (χ3v) is 4.45. The van der Waals surface area contributed by atoms with Gasteiger partial charge in [0.05, 0.1) is 24.9 Å². The Kier molecular flexibility index (Phi) is 4.62. The van der Waals surface area contributed by atoms with E-state index < -0.39 is 0 Å². The summed E-state index contributed by atoms with van der Waals surface area (Å²) < 4.78 is 5.44. The van der Waals surface area contributed by atoms with Gasteiger partial charge in [-0.25, -0.2) is 0 Å². The standard InChI is InChI=1S/C15H24N4O/c16-11-15(14-3-1-2-5-17-14)19-6-4-13(12-19)18-7-9-20-10-8-18/h1-3,5,13,15H,4,6-12,16H2. The number of hydrogen-bond acceptors (Lipinski definition) is 5. The zero-order chi connectivity index (χ0) is 13.8. The van der Waals surface area contributed by atoms with Gasteiger partial charge in [0.25, 0.3) is 0 Å². The summed E-state index contributed by atoms with van der Waals surface area (Å²) in [5, 5.41) is 0. The minimum atomic E-state index is 0.252. The molecule has 20 heavy (non-hydrogen) atoms. The maximum Gasteiger partial charge on any atom is 0.0645 e. The molecule has 2 atom stereocenters. The molecule has 1 aromatic heterocycles. The first kappa shape index (κ1) is 13.9. The molecule has 2 N–H and O–H groups in total. The summed E-state index contributed by atoms with van der Waals surface area (Å²) in [6.07, 6.45) is 3.08. The van der Waals surface area contributed by atoms with E-state index >= 15 is 0 Å². The third-order valence-electron chi connectivity index (χ3n) is 4.45. The highest BCUT2D eigenvalue weighted by molar-refractivity contribution is 5.10. The van der Waals surface area contributed by atoms with Gasteiger partial charge < -0.3 is 10.5 Å². The number of nitrogens with two attached hydrogens (primary N) is 1. The van der Waals surface area contributed by atoms with Crippen LogP contribution in [0.2, 0.25) is 0 Å². The van der Waals surface area contributed by atoms with Crippen molar-refractivity contribution in [1.82, 2.24) is 14.8 Å². The number of pyridine rings is 1. The van der Waals surface area contributed by atoms with Gasteiger partial charge in [0, 0.05) is 45.0 Å². The molecule has 110 valence electrons. The molecule has 1 aromatic rings. The van der Waals surface area contributed by atoms with Crippen LogP contribution in [-0.4, -0.2) is 66.8 Å². The molecular formula is C15H24N4O. The summed E-state index contributed by atoms with van der Waals surface area (Å²) >= 11 is 0. The molecule has 3 rings (SSSR count). The van der Waals surface area contributed by atoms with Crippen molar-refractivity contribution < 1.29 is 4.74 Å². The van der Waals surface area contributed by atoms with Crippen LogP contribution in [-0.2, 0) is 4.74 Å². The van der Waals surface area contributed by atoms with E-state index in [1.165, 1.54) is 6.42 Å². The molecule has 2 unspecified atom stereocenters. The molecule has 5 heteroatoms. The van der Waals surface area contributed by atoms with Crippen LogP contribution in [0.25, 0.3) is 0 Å². The van der Waals surface area contributed by atoms with Crippen LogP contribution in [0, 0.1) is 0 Å². The van der Waals surface area contributed by atoms with Crippen molar-refractivity contribution in [2.75, 3.05) is 45.9 Å². The molecule has 0 bridgehead atoms. The minimum absolute atomic E-state index is 0.252. The van der Waals surface area contributed by atoms with Gasteiger partial charge in [-0.2, -0.15) is 0 Å². The summed E-state index contributed by atoms with van der Waals surface area (Å²) in [5.74, 6) is 0. The van der Waals surface area contributed by atoms with Gasteiger partial charge in [-0.05, 0) is 18.6 Å². The van der Waals surface area contributed by atoms with Gasteiger partial charge in [-0.3, -0.25) is 14.8 Å². The summed E-state index contributed by atoms with van der Waals surface area (Å²) in [4.78, 5) is 9.53. The number of rotatable bonds is 4. The number of nitrogens with zero attached hydrogens (tertiary/aromatic N) is 3. The molecule has 2 fully saturated rings. The van der Waals surface area contributed by atoms with Crippen molar-refractivity contribution in [2.24, 2.45) is 5.73 Å². The average molecular weight is 276 g/mol. The molecule has 2 saturated heterocycles. The second kappa shape index (κ2) is 6.63. The van der Waals surface area contributed by atoms with E-state index in [0.717, 1.165) is 45.1 Å². The fraction of sp³-hybridized carbons (Fsp3) is 0.667. The first-order valence-electron chi connectivity index (χ1n) is 7.55. The van der Waals surface area contributed by atoms with Crippen molar-refractivity contribution >= 4 is 0 Å². The summed E-state index contributed by atoms with van der Waals surface area (Å²) in [6.45, 7) is 6.71. The molecule has 2 aliphatic heterocycles. The maximum atomic E-state index is 5.99. The first-order chi connectivity index (χ1) is 9.88. The molecule has 0 amide bonds. The smallest absolute Gasteiger partial charge is 0.0645 e. The van der Waals surface area contributed by atoms with Crippen molar-refractivity contribution in [1.29, 1.82) is 0 Å². The number of ether oxygens (including phenoxy) is 1. The molecule has 2 aliphatic rings. The molecule has 0 aliphatic carbocycles. The third kappa shape index (κ3) is 3.01. The van der Waals surface area contributed by atoms with Crippen LogP contribution in [0.4, 0.5) is 0 Å². The lowest BCUT2D eigenvalue weighted by Gasteiger charge is -2.33. The van der Waals surface area contributed by atoms with E-state index in [1.54, 1.807) is 0 Å². The van der Waals surface area contributed by atoms with E-state index in [-0.39, 0.29) is 6.04 Å². The molecule has 0 saturated carbocycles. The van der Waals surface area contributed by atoms with Crippen LogP contribution >= 0.6 is 0 Å². The van der Waals surface area contributed by atoms with E-state index in [9.17, 15) is 0 Å². The molecule has 0 radical (unpaired) electrons. The zero-order valence-electron chi connectivity index (χ0n) is 11.9. The largest absolute Gasteiger partial charge is 0.379 e. The fourth-order valence-corrected chi connectivity index (χ4v) is 3.32. The second-order valence-electron chi connectivity index (χ2n) is 5.59. The van der Waals surface area contributed by atoms with Crippen LogP contribution in [0.1, 0.15) is 18.2 Å². The van der Waals surface area contributed by atoms with Gasteiger partial charge in [0.2, 0.25) is 0 Å². The highest BCUT2D eigenvalue weighted by atomic mass is 16.5. The number of hydrogen-bond donors (Lipinski definition) is 1. The van der Waals surface area contributed by atoms with E-state index in [1.807, 2.05) is 18.3 Å². The predicted octanol–water partition coefficient (Wildman–Crippen LogP) is 0.488.